The molecule has 15 heavy (non-hydrogen) atoms. The van der Waals surface area contributed by atoms with Gasteiger partial charge in [-0.3, -0.25) is 4.79 Å². The number of thiophene rings is 1. The Balaban J connectivity index is 2.45. The number of carbonyl (C=O) groups is 1. The average molecular weight is 225 g/mol. The molecule has 0 spiro atoms. The fourth-order valence-electron chi connectivity index (χ4n) is 1.63. The number of rotatable bonds is 4. The van der Waals surface area contributed by atoms with E-state index in [1.807, 2.05) is 17.5 Å². The first-order valence-corrected chi connectivity index (χ1v) is 6.09. The van der Waals surface area contributed by atoms with Crippen LogP contribution in [0.25, 0.3) is 0 Å². The van der Waals surface area contributed by atoms with E-state index in [0.29, 0.717) is 6.42 Å². The van der Waals surface area contributed by atoms with Crippen LogP contribution in [0, 0.1) is 5.41 Å². The first-order chi connectivity index (χ1) is 6.88. The summed E-state index contributed by atoms with van der Waals surface area (Å²) in [5.74, 6) is 0.168. The summed E-state index contributed by atoms with van der Waals surface area (Å²) in [7, 11) is 0. The smallest absolute Gasteiger partial charge is 0.174 e. The molecule has 1 rings (SSSR count). The van der Waals surface area contributed by atoms with E-state index >= 15 is 0 Å². The molecule has 0 aliphatic heterocycles. The van der Waals surface area contributed by atoms with Crippen molar-refractivity contribution >= 4 is 17.1 Å². The van der Waals surface area contributed by atoms with Crippen LogP contribution in [0.1, 0.15) is 43.3 Å². The van der Waals surface area contributed by atoms with Gasteiger partial charge in [0.15, 0.2) is 5.78 Å². The van der Waals surface area contributed by atoms with Gasteiger partial charge in [-0.2, -0.15) is 0 Å². The number of hydrogen-bond donors (Lipinski definition) is 1. The van der Waals surface area contributed by atoms with Crippen molar-refractivity contribution in [2.75, 3.05) is 0 Å². The molecule has 0 aromatic carbocycles. The number of Topliss-reactive ketones (excluding diaryl/α,β-unsaturated/α-hetero) is 1. The summed E-state index contributed by atoms with van der Waals surface area (Å²) in [5, 5.41) is 1.92. The molecule has 0 fully saturated rings. The van der Waals surface area contributed by atoms with E-state index in [2.05, 4.69) is 20.8 Å². The third kappa shape index (κ3) is 4.58. The molecule has 0 amide bonds. The third-order valence-corrected chi connectivity index (χ3v) is 3.03. The summed E-state index contributed by atoms with van der Waals surface area (Å²) >= 11 is 1.49. The van der Waals surface area contributed by atoms with E-state index in [1.54, 1.807) is 0 Å². The lowest BCUT2D eigenvalue weighted by Gasteiger charge is -2.22. The fraction of sp³-hybridized carbons (Fsp3) is 0.583. The predicted octanol–water partition coefficient (Wildman–Crippen LogP) is 3.08. The van der Waals surface area contributed by atoms with E-state index in [9.17, 15) is 4.79 Å². The van der Waals surface area contributed by atoms with Crippen molar-refractivity contribution in [3.05, 3.63) is 22.4 Å². The zero-order valence-electron chi connectivity index (χ0n) is 9.62. The Kier molecular flexibility index (Phi) is 4.05. The topological polar surface area (TPSA) is 43.1 Å². The van der Waals surface area contributed by atoms with Crippen molar-refractivity contribution in [2.45, 2.75) is 39.7 Å². The van der Waals surface area contributed by atoms with Crippen molar-refractivity contribution in [3.63, 3.8) is 0 Å². The third-order valence-electron chi connectivity index (χ3n) is 2.12. The number of hydrogen-bond acceptors (Lipinski definition) is 3. The van der Waals surface area contributed by atoms with Crippen molar-refractivity contribution in [3.8, 4) is 0 Å². The first-order valence-electron chi connectivity index (χ1n) is 5.21. The van der Waals surface area contributed by atoms with Crippen LogP contribution in [0.3, 0.4) is 0 Å². The van der Waals surface area contributed by atoms with Crippen molar-refractivity contribution in [2.24, 2.45) is 11.1 Å². The number of nitrogens with two attached hydrogens (primary N) is 1. The second-order valence-electron chi connectivity index (χ2n) is 5.13. The van der Waals surface area contributed by atoms with Crippen LogP contribution in [0.2, 0.25) is 0 Å². The van der Waals surface area contributed by atoms with Gasteiger partial charge in [-0.1, -0.05) is 26.8 Å². The summed E-state index contributed by atoms with van der Waals surface area (Å²) in [6.07, 6.45) is 1.34. The molecular formula is C12H19NOS. The molecule has 3 heteroatoms. The summed E-state index contributed by atoms with van der Waals surface area (Å²) in [6.45, 7) is 6.42. The standard InChI is InChI=1S/C12H19NOS/c1-12(2,3)8-9(13)7-10(14)11-5-4-6-15-11/h4-6,9H,7-8,13H2,1-3H3. The molecule has 1 atom stereocenters. The van der Waals surface area contributed by atoms with Gasteiger partial charge in [-0.05, 0) is 23.3 Å². The zero-order chi connectivity index (χ0) is 11.5. The molecule has 0 saturated carbocycles. The van der Waals surface area contributed by atoms with E-state index in [4.69, 9.17) is 5.73 Å². The van der Waals surface area contributed by atoms with Crippen LogP contribution in [-0.4, -0.2) is 11.8 Å². The maximum absolute atomic E-state index is 11.7. The Hall–Kier alpha value is -0.670. The lowest BCUT2D eigenvalue weighted by Crippen LogP contribution is -2.28. The highest BCUT2D eigenvalue weighted by Gasteiger charge is 2.19. The lowest BCUT2D eigenvalue weighted by atomic mass is 9.87. The van der Waals surface area contributed by atoms with Crippen LogP contribution in [0.5, 0.6) is 0 Å². The van der Waals surface area contributed by atoms with Gasteiger partial charge in [-0.25, -0.2) is 0 Å². The largest absolute Gasteiger partial charge is 0.327 e. The second kappa shape index (κ2) is 4.90. The monoisotopic (exact) mass is 225 g/mol. The van der Waals surface area contributed by atoms with E-state index in [0.717, 1.165) is 11.3 Å². The van der Waals surface area contributed by atoms with Gasteiger partial charge in [0.25, 0.3) is 0 Å². The Morgan fingerprint density at radius 1 is 1.53 bits per heavy atom. The molecule has 0 saturated heterocycles. The molecule has 0 bridgehead atoms. The summed E-state index contributed by atoms with van der Waals surface area (Å²) < 4.78 is 0. The van der Waals surface area contributed by atoms with Crippen LogP contribution in [0.15, 0.2) is 17.5 Å². The summed E-state index contributed by atoms with van der Waals surface area (Å²) in [5.41, 5.74) is 6.14. The maximum Gasteiger partial charge on any atom is 0.174 e. The highest BCUT2D eigenvalue weighted by atomic mass is 32.1. The van der Waals surface area contributed by atoms with E-state index in [-0.39, 0.29) is 17.2 Å². The summed E-state index contributed by atoms with van der Waals surface area (Å²) in [4.78, 5) is 12.6. The van der Waals surface area contributed by atoms with Gasteiger partial charge >= 0.3 is 0 Å². The highest BCUT2D eigenvalue weighted by Crippen LogP contribution is 2.22. The lowest BCUT2D eigenvalue weighted by molar-refractivity contribution is 0.0972. The minimum absolute atomic E-state index is 0.0281. The van der Waals surface area contributed by atoms with Gasteiger partial charge in [0.05, 0.1) is 4.88 Å². The van der Waals surface area contributed by atoms with Crippen molar-refractivity contribution < 1.29 is 4.79 Å². The van der Waals surface area contributed by atoms with Gasteiger partial charge in [0, 0.05) is 12.5 Å². The minimum atomic E-state index is -0.0281. The molecule has 1 heterocycles. The van der Waals surface area contributed by atoms with Crippen LogP contribution in [-0.2, 0) is 0 Å². The molecule has 1 aromatic rings. The number of ketones is 1. The Morgan fingerprint density at radius 2 is 2.20 bits per heavy atom. The van der Waals surface area contributed by atoms with Gasteiger partial charge in [0.2, 0.25) is 0 Å². The van der Waals surface area contributed by atoms with Crippen molar-refractivity contribution in [1.82, 2.24) is 0 Å². The second-order valence-corrected chi connectivity index (χ2v) is 6.08. The normalized spacial score (nSPS) is 13.9. The fourth-order valence-corrected chi connectivity index (χ4v) is 2.31. The van der Waals surface area contributed by atoms with Crippen LogP contribution in [0.4, 0.5) is 0 Å². The average Bonchev–Trinajstić information content (AvgIpc) is 2.50. The molecule has 0 radical (unpaired) electrons. The first kappa shape index (κ1) is 12.4. The molecular weight excluding hydrogens is 206 g/mol. The molecule has 84 valence electrons. The van der Waals surface area contributed by atoms with Crippen LogP contribution >= 0.6 is 11.3 Å². The minimum Gasteiger partial charge on any atom is -0.327 e. The maximum atomic E-state index is 11.7. The van der Waals surface area contributed by atoms with E-state index < -0.39 is 0 Å². The Morgan fingerprint density at radius 3 is 2.67 bits per heavy atom. The molecule has 0 aliphatic rings. The SMILES string of the molecule is CC(C)(C)CC(N)CC(=O)c1cccs1. The highest BCUT2D eigenvalue weighted by molar-refractivity contribution is 7.12. The molecule has 0 aliphatic carbocycles. The van der Waals surface area contributed by atoms with Gasteiger partial charge in [-0.15, -0.1) is 11.3 Å². The van der Waals surface area contributed by atoms with Crippen molar-refractivity contribution in [1.29, 1.82) is 0 Å². The predicted molar refractivity (Wildman–Crippen MR) is 65.3 cm³/mol. The Labute approximate surface area is 95.5 Å². The molecule has 2 N–H and O–H groups in total. The van der Waals surface area contributed by atoms with Crippen LogP contribution < -0.4 is 5.73 Å². The Bertz CT molecular complexity index is 311. The molecule has 1 aromatic heterocycles. The van der Waals surface area contributed by atoms with Gasteiger partial charge < -0.3 is 5.73 Å². The molecule has 1 unspecified atom stereocenters. The quantitative estimate of drug-likeness (QED) is 0.800. The molecule has 2 nitrogen and oxygen atoms in total. The summed E-state index contributed by atoms with van der Waals surface area (Å²) in [6, 6.07) is 3.73. The zero-order valence-corrected chi connectivity index (χ0v) is 10.4. The van der Waals surface area contributed by atoms with Gasteiger partial charge in [0.1, 0.15) is 0 Å². The van der Waals surface area contributed by atoms with E-state index in [1.165, 1.54) is 11.3 Å². The number of carbonyl (C=O) groups excluding carboxylic acids is 1.